The molecule has 0 aromatic carbocycles. The Kier molecular flexibility index (Phi) is 8.84. The third-order valence-electron chi connectivity index (χ3n) is 5.12. The van der Waals surface area contributed by atoms with Gasteiger partial charge in [0.05, 0.1) is 18.2 Å². The van der Waals surface area contributed by atoms with Gasteiger partial charge in [-0.2, -0.15) is 5.01 Å². The van der Waals surface area contributed by atoms with Crippen molar-refractivity contribution in [2.45, 2.75) is 30.0 Å². The number of fused-ring (bicyclic) bond motifs is 1. The summed E-state index contributed by atoms with van der Waals surface area (Å²) in [6.07, 6.45) is 0. The molecule has 0 unspecified atom stereocenters. The van der Waals surface area contributed by atoms with Crippen LogP contribution in [0.5, 0.6) is 0 Å². The largest absolute Gasteiger partial charge is 1.00 e. The van der Waals surface area contributed by atoms with E-state index in [2.05, 4.69) is 25.9 Å². The maximum Gasteiger partial charge on any atom is 1.00 e. The summed E-state index contributed by atoms with van der Waals surface area (Å²) in [5.41, 5.74) is 0.714. The zero-order valence-electron chi connectivity index (χ0n) is 18.6. The number of hydrogen-bond acceptors (Lipinski definition) is 13. The fourth-order valence-electron chi connectivity index (χ4n) is 3.56. The summed E-state index contributed by atoms with van der Waals surface area (Å²) in [5.74, 6) is -2.95. The molecule has 0 saturated carbocycles. The van der Waals surface area contributed by atoms with Crippen molar-refractivity contribution in [3.8, 4) is 0 Å². The van der Waals surface area contributed by atoms with E-state index in [1.807, 2.05) is 0 Å². The van der Waals surface area contributed by atoms with Crippen molar-refractivity contribution in [3.05, 3.63) is 32.0 Å². The Hall–Kier alpha value is -2.15. The second kappa shape index (κ2) is 11.3. The molecule has 0 aliphatic carbocycles. The topological polar surface area (TPSA) is 199 Å². The molecule has 0 bridgehead atoms. The average Bonchev–Trinajstić information content (AvgIpc) is 3.21. The van der Waals surface area contributed by atoms with Gasteiger partial charge >= 0.3 is 46.6 Å². The maximum absolute atomic E-state index is 12.7. The number of hydrogen-bond donors (Lipinski definition) is 3. The SMILES string of the molecule is CCn1c(SCC2=C(C(=O)[O-])N3C(=O)[C@@H](NC(=O)CN4CC(=O)ON4)[C@@H]3SC2)n[nH]c(=O)c1=O.[Na+]. The maximum atomic E-state index is 12.7. The summed E-state index contributed by atoms with van der Waals surface area (Å²) in [4.78, 5) is 76.9. The summed E-state index contributed by atoms with van der Waals surface area (Å²) in [6, 6.07) is -0.939. The standard InChI is InChI=1S/C17H19N7O8S2.Na/c1-2-23-14(29)12(27)19-20-17(23)34-6-7-5-33-15-10(13(28)24(15)11(7)16(30)31)18-8(25)3-22-4-9(26)32-21-22;/h10,15,21H,2-6H2,1H3,(H,18,25)(H,19,27)(H,30,31);/q;+1/p-1/t10-,15+;/m1./s1. The fourth-order valence-corrected chi connectivity index (χ4v) is 6.05. The van der Waals surface area contributed by atoms with Crippen molar-refractivity contribution >= 4 is 47.3 Å². The van der Waals surface area contributed by atoms with Crippen molar-refractivity contribution in [2.24, 2.45) is 0 Å². The summed E-state index contributed by atoms with van der Waals surface area (Å²) in [7, 11) is 0. The van der Waals surface area contributed by atoms with Gasteiger partial charge in [0.1, 0.15) is 18.0 Å². The molecular formula is C17H18N7NaO8S2. The van der Waals surface area contributed by atoms with Gasteiger partial charge < -0.3 is 20.1 Å². The molecule has 2 fully saturated rings. The van der Waals surface area contributed by atoms with Crippen LogP contribution >= 0.6 is 23.5 Å². The van der Waals surface area contributed by atoms with Gasteiger partial charge in [-0.25, -0.2) is 9.89 Å². The van der Waals surface area contributed by atoms with Crippen LogP contribution in [0.15, 0.2) is 26.0 Å². The van der Waals surface area contributed by atoms with Crippen LogP contribution in [0.3, 0.4) is 0 Å². The van der Waals surface area contributed by atoms with E-state index in [9.17, 15) is 33.9 Å². The number of carboxylic acids is 1. The molecule has 3 N–H and O–H groups in total. The van der Waals surface area contributed by atoms with Crippen molar-refractivity contribution < 1.29 is 58.7 Å². The molecule has 35 heavy (non-hydrogen) atoms. The number of carbonyl (C=O) groups is 4. The predicted octanol–water partition coefficient (Wildman–Crippen LogP) is -7.27. The molecule has 2 saturated heterocycles. The molecule has 2 amide bonds. The molecule has 2 atom stereocenters. The Labute approximate surface area is 227 Å². The second-order valence-electron chi connectivity index (χ2n) is 7.29. The second-order valence-corrected chi connectivity index (χ2v) is 9.34. The molecule has 0 spiro atoms. The molecule has 4 heterocycles. The van der Waals surface area contributed by atoms with E-state index in [1.54, 1.807) is 6.92 Å². The van der Waals surface area contributed by atoms with Gasteiger partial charge in [0, 0.05) is 18.1 Å². The summed E-state index contributed by atoms with van der Waals surface area (Å²) >= 11 is 2.30. The normalized spacial score (nSPS) is 21.7. The molecular weight excluding hydrogens is 517 g/mol. The van der Waals surface area contributed by atoms with Crippen LogP contribution in [0.1, 0.15) is 6.92 Å². The first-order valence-corrected chi connectivity index (χ1v) is 11.9. The minimum atomic E-state index is -1.54. The first kappa shape index (κ1) is 27.4. The Bertz CT molecular complexity index is 1220. The molecule has 3 aliphatic rings. The minimum Gasteiger partial charge on any atom is -0.543 e. The predicted molar refractivity (Wildman–Crippen MR) is 113 cm³/mol. The average molecular weight is 535 g/mol. The Morgan fingerprint density at radius 3 is 2.69 bits per heavy atom. The first-order chi connectivity index (χ1) is 16.2. The number of aliphatic carboxylic acids is 1. The Balaban J connectivity index is 0.00000342. The number of amides is 2. The van der Waals surface area contributed by atoms with Gasteiger partial charge in [0.25, 0.3) is 5.91 Å². The third kappa shape index (κ3) is 5.50. The number of thioether (sulfide) groups is 2. The van der Waals surface area contributed by atoms with E-state index in [1.165, 1.54) is 16.8 Å². The number of H-pyrrole nitrogens is 1. The van der Waals surface area contributed by atoms with Crippen LogP contribution in [0.2, 0.25) is 0 Å². The van der Waals surface area contributed by atoms with Gasteiger partial charge in [0.2, 0.25) is 5.91 Å². The zero-order chi connectivity index (χ0) is 24.6. The molecule has 0 radical (unpaired) electrons. The monoisotopic (exact) mass is 535 g/mol. The molecule has 18 heteroatoms. The van der Waals surface area contributed by atoms with E-state index in [4.69, 9.17) is 0 Å². The number of aromatic nitrogens is 3. The van der Waals surface area contributed by atoms with Crippen LogP contribution in [0.4, 0.5) is 0 Å². The molecule has 15 nitrogen and oxygen atoms in total. The van der Waals surface area contributed by atoms with Crippen LogP contribution < -0.4 is 56.7 Å². The van der Waals surface area contributed by atoms with Crippen LogP contribution in [-0.4, -0.2) is 84.4 Å². The number of nitrogens with one attached hydrogen (secondary N) is 3. The number of carbonyl (C=O) groups excluding carboxylic acids is 4. The van der Waals surface area contributed by atoms with E-state index in [-0.39, 0.29) is 71.6 Å². The van der Waals surface area contributed by atoms with E-state index >= 15 is 0 Å². The number of aromatic amines is 1. The smallest absolute Gasteiger partial charge is 0.543 e. The quantitative estimate of drug-likeness (QED) is 0.123. The number of carboxylic acid groups (broad SMARTS) is 1. The zero-order valence-corrected chi connectivity index (χ0v) is 22.2. The van der Waals surface area contributed by atoms with E-state index < -0.39 is 46.3 Å². The van der Waals surface area contributed by atoms with Crippen LogP contribution in [0.25, 0.3) is 0 Å². The third-order valence-corrected chi connectivity index (χ3v) is 7.52. The van der Waals surface area contributed by atoms with E-state index in [0.717, 1.165) is 21.2 Å². The summed E-state index contributed by atoms with van der Waals surface area (Å²) in [5, 5.41) is 21.1. The van der Waals surface area contributed by atoms with E-state index in [0.29, 0.717) is 5.57 Å². The van der Waals surface area contributed by atoms with Crippen LogP contribution in [-0.2, 0) is 30.6 Å². The minimum absolute atomic E-state index is 0. The van der Waals surface area contributed by atoms with Gasteiger partial charge in [0.15, 0.2) is 5.16 Å². The van der Waals surface area contributed by atoms with Crippen molar-refractivity contribution in [2.75, 3.05) is 24.6 Å². The number of β-lactam (4-membered cyclic amide) rings is 1. The molecule has 1 aromatic heterocycles. The van der Waals surface area contributed by atoms with Gasteiger partial charge in [-0.15, -0.1) is 16.9 Å². The van der Waals surface area contributed by atoms with Crippen LogP contribution in [0, 0.1) is 0 Å². The summed E-state index contributed by atoms with van der Waals surface area (Å²) < 4.78 is 1.16. The molecule has 3 aliphatic heterocycles. The Morgan fingerprint density at radius 1 is 1.31 bits per heavy atom. The number of hydrazine groups is 1. The number of rotatable bonds is 8. The van der Waals surface area contributed by atoms with Crippen molar-refractivity contribution in [1.29, 1.82) is 0 Å². The fraction of sp³-hybridized carbons (Fsp3) is 0.471. The van der Waals surface area contributed by atoms with Crippen molar-refractivity contribution in [3.63, 3.8) is 0 Å². The number of nitrogens with zero attached hydrogens (tertiary/aromatic N) is 4. The van der Waals surface area contributed by atoms with Crippen molar-refractivity contribution in [1.82, 2.24) is 35.6 Å². The molecule has 1 aromatic rings. The van der Waals surface area contributed by atoms with Gasteiger partial charge in [-0.3, -0.25) is 28.6 Å². The van der Waals surface area contributed by atoms with Gasteiger partial charge in [-0.05, 0) is 12.5 Å². The van der Waals surface area contributed by atoms with Gasteiger partial charge in [-0.1, -0.05) is 17.4 Å². The first-order valence-electron chi connectivity index (χ1n) is 9.91. The Morgan fingerprint density at radius 2 is 2.06 bits per heavy atom. The summed E-state index contributed by atoms with van der Waals surface area (Å²) in [6.45, 7) is 1.48. The molecule has 182 valence electrons. The molecule has 4 rings (SSSR count).